The molecule has 0 unspecified atom stereocenters. The van der Waals surface area contributed by atoms with Gasteiger partial charge in [0.15, 0.2) is 0 Å². The van der Waals surface area contributed by atoms with Crippen LogP contribution in [0, 0.1) is 11.6 Å². The smallest absolute Gasteiger partial charge is 0.141 e. The van der Waals surface area contributed by atoms with Gasteiger partial charge in [0.1, 0.15) is 17.4 Å². The van der Waals surface area contributed by atoms with Crippen molar-refractivity contribution < 1.29 is 13.9 Å². The molecule has 0 aromatic heterocycles. The van der Waals surface area contributed by atoms with E-state index in [1.807, 2.05) is 0 Å². The Balaban J connectivity index is 1.94. The number of aromatic hydroxyl groups is 1. The lowest BCUT2D eigenvalue weighted by molar-refractivity contribution is 0.467. The lowest BCUT2D eigenvalue weighted by Gasteiger charge is -2.06. The van der Waals surface area contributed by atoms with Crippen LogP contribution in [0.1, 0.15) is 11.1 Å². The predicted molar refractivity (Wildman–Crippen MR) is 70.0 cm³/mol. The first-order chi connectivity index (χ1) is 9.04. The maximum atomic E-state index is 13.0. The first kappa shape index (κ1) is 13.8. The molecule has 2 nitrogen and oxygen atoms in total. The summed E-state index contributed by atoms with van der Waals surface area (Å²) in [6, 6.07) is 8.32. The SMILES string of the molecule is Oc1cc(F)cc(CNCc2ccc(F)c(Cl)c2)c1. The van der Waals surface area contributed by atoms with Gasteiger partial charge in [0, 0.05) is 19.2 Å². The monoisotopic (exact) mass is 283 g/mol. The summed E-state index contributed by atoms with van der Waals surface area (Å²) in [5.41, 5.74) is 1.46. The standard InChI is InChI=1S/C14H12ClF2NO/c15-13-5-9(1-2-14(13)17)7-18-8-10-3-11(16)6-12(19)4-10/h1-6,18-19H,7-8H2. The summed E-state index contributed by atoms with van der Waals surface area (Å²) >= 11 is 5.67. The number of halogens is 3. The van der Waals surface area contributed by atoms with Crippen LogP contribution in [-0.2, 0) is 13.1 Å². The molecule has 19 heavy (non-hydrogen) atoms. The second-order valence-electron chi connectivity index (χ2n) is 4.17. The number of benzene rings is 2. The number of nitrogens with one attached hydrogen (secondary N) is 1. The molecule has 0 aliphatic rings. The van der Waals surface area contributed by atoms with Gasteiger partial charge < -0.3 is 10.4 Å². The largest absolute Gasteiger partial charge is 0.508 e. The number of hydrogen-bond acceptors (Lipinski definition) is 2. The van der Waals surface area contributed by atoms with Crippen molar-refractivity contribution in [2.75, 3.05) is 0 Å². The summed E-state index contributed by atoms with van der Waals surface area (Å²) in [5.74, 6) is -1.05. The normalized spacial score (nSPS) is 10.7. The van der Waals surface area contributed by atoms with E-state index in [1.54, 1.807) is 6.07 Å². The van der Waals surface area contributed by atoms with E-state index in [1.165, 1.54) is 24.3 Å². The Hall–Kier alpha value is -1.65. The third-order valence-corrected chi connectivity index (χ3v) is 2.87. The van der Waals surface area contributed by atoms with E-state index in [0.717, 1.165) is 11.6 Å². The fraction of sp³-hybridized carbons (Fsp3) is 0.143. The van der Waals surface area contributed by atoms with Gasteiger partial charge in [-0.2, -0.15) is 0 Å². The summed E-state index contributed by atoms with van der Waals surface area (Å²) in [7, 11) is 0. The Bertz CT molecular complexity index is 569. The van der Waals surface area contributed by atoms with Gasteiger partial charge in [-0.15, -0.1) is 0 Å². The molecule has 5 heteroatoms. The van der Waals surface area contributed by atoms with Gasteiger partial charge in [0.25, 0.3) is 0 Å². The van der Waals surface area contributed by atoms with Gasteiger partial charge >= 0.3 is 0 Å². The lowest BCUT2D eigenvalue weighted by atomic mass is 10.2. The molecule has 0 saturated heterocycles. The molecule has 0 spiro atoms. The van der Waals surface area contributed by atoms with E-state index in [-0.39, 0.29) is 10.8 Å². The van der Waals surface area contributed by atoms with Crippen LogP contribution in [0.5, 0.6) is 5.75 Å². The zero-order valence-electron chi connectivity index (χ0n) is 9.96. The maximum Gasteiger partial charge on any atom is 0.141 e. The number of phenols is 1. The fourth-order valence-corrected chi connectivity index (χ4v) is 1.94. The molecule has 0 fully saturated rings. The molecule has 0 atom stereocenters. The van der Waals surface area contributed by atoms with Crippen molar-refractivity contribution in [1.29, 1.82) is 0 Å². The fourth-order valence-electron chi connectivity index (χ4n) is 1.74. The van der Waals surface area contributed by atoms with Crippen molar-refractivity contribution in [2.45, 2.75) is 13.1 Å². The van der Waals surface area contributed by atoms with Crippen LogP contribution >= 0.6 is 11.6 Å². The first-order valence-corrected chi connectivity index (χ1v) is 6.05. The number of rotatable bonds is 4. The number of phenolic OH excluding ortho intramolecular Hbond substituents is 1. The highest BCUT2D eigenvalue weighted by molar-refractivity contribution is 6.30. The topological polar surface area (TPSA) is 32.3 Å². The van der Waals surface area contributed by atoms with Crippen LogP contribution < -0.4 is 5.32 Å². The van der Waals surface area contributed by atoms with Gasteiger partial charge in [-0.1, -0.05) is 17.7 Å². The zero-order chi connectivity index (χ0) is 13.8. The van der Waals surface area contributed by atoms with Crippen LogP contribution in [0.2, 0.25) is 5.02 Å². The predicted octanol–water partition coefficient (Wildman–Crippen LogP) is 3.61. The van der Waals surface area contributed by atoms with Crippen LogP contribution in [0.15, 0.2) is 36.4 Å². The van der Waals surface area contributed by atoms with Crippen molar-refractivity contribution in [1.82, 2.24) is 5.32 Å². The summed E-state index contributed by atoms with van der Waals surface area (Å²) < 4.78 is 26.0. The van der Waals surface area contributed by atoms with Crippen LogP contribution in [0.25, 0.3) is 0 Å². The molecular weight excluding hydrogens is 272 g/mol. The molecule has 100 valence electrons. The van der Waals surface area contributed by atoms with E-state index in [4.69, 9.17) is 11.6 Å². The van der Waals surface area contributed by atoms with Crippen LogP contribution in [0.4, 0.5) is 8.78 Å². The molecule has 2 aromatic rings. The van der Waals surface area contributed by atoms with Crippen molar-refractivity contribution in [2.24, 2.45) is 0 Å². The van der Waals surface area contributed by atoms with Crippen LogP contribution in [0.3, 0.4) is 0 Å². The van der Waals surface area contributed by atoms with E-state index in [0.29, 0.717) is 18.7 Å². The highest BCUT2D eigenvalue weighted by Gasteiger charge is 2.02. The first-order valence-electron chi connectivity index (χ1n) is 5.67. The van der Waals surface area contributed by atoms with E-state index < -0.39 is 11.6 Å². The van der Waals surface area contributed by atoms with Crippen molar-refractivity contribution in [3.05, 3.63) is 64.2 Å². The Kier molecular flexibility index (Phi) is 4.35. The molecule has 0 heterocycles. The maximum absolute atomic E-state index is 13.0. The highest BCUT2D eigenvalue weighted by atomic mass is 35.5. The Morgan fingerprint density at radius 3 is 2.42 bits per heavy atom. The molecule has 0 amide bonds. The molecule has 2 N–H and O–H groups in total. The van der Waals surface area contributed by atoms with Crippen molar-refractivity contribution >= 4 is 11.6 Å². The van der Waals surface area contributed by atoms with Crippen LogP contribution in [-0.4, -0.2) is 5.11 Å². The van der Waals surface area contributed by atoms with E-state index in [2.05, 4.69) is 5.32 Å². The molecule has 0 radical (unpaired) electrons. The highest BCUT2D eigenvalue weighted by Crippen LogP contribution is 2.17. The second-order valence-corrected chi connectivity index (χ2v) is 4.58. The van der Waals surface area contributed by atoms with E-state index in [9.17, 15) is 13.9 Å². The third-order valence-electron chi connectivity index (χ3n) is 2.58. The molecule has 0 aliphatic carbocycles. The average Bonchev–Trinajstić information content (AvgIpc) is 2.32. The third kappa shape index (κ3) is 3.91. The molecule has 2 rings (SSSR count). The van der Waals surface area contributed by atoms with Gasteiger partial charge in [-0.05, 0) is 35.4 Å². The van der Waals surface area contributed by atoms with Gasteiger partial charge in [0.2, 0.25) is 0 Å². The summed E-state index contributed by atoms with van der Waals surface area (Å²) in [6.07, 6.45) is 0. The Morgan fingerprint density at radius 1 is 1.00 bits per heavy atom. The molecule has 2 aromatic carbocycles. The zero-order valence-corrected chi connectivity index (χ0v) is 10.7. The minimum atomic E-state index is -0.485. The van der Waals surface area contributed by atoms with Gasteiger partial charge in [-0.25, -0.2) is 8.78 Å². The summed E-state index contributed by atoms with van der Waals surface area (Å²) in [6.45, 7) is 0.859. The van der Waals surface area contributed by atoms with Gasteiger partial charge in [0.05, 0.1) is 5.02 Å². The summed E-state index contributed by atoms with van der Waals surface area (Å²) in [5, 5.41) is 12.4. The lowest BCUT2D eigenvalue weighted by Crippen LogP contribution is -2.12. The van der Waals surface area contributed by atoms with E-state index >= 15 is 0 Å². The molecule has 0 saturated carbocycles. The average molecular weight is 284 g/mol. The summed E-state index contributed by atoms with van der Waals surface area (Å²) in [4.78, 5) is 0. The molecule has 0 aliphatic heterocycles. The second kappa shape index (κ2) is 5.99. The minimum Gasteiger partial charge on any atom is -0.508 e. The Morgan fingerprint density at radius 2 is 1.74 bits per heavy atom. The Labute approximate surface area is 114 Å². The number of hydrogen-bond donors (Lipinski definition) is 2. The van der Waals surface area contributed by atoms with Crippen molar-refractivity contribution in [3.63, 3.8) is 0 Å². The molecule has 0 bridgehead atoms. The minimum absolute atomic E-state index is 0.0719. The molecular formula is C14H12ClF2NO. The quantitative estimate of drug-likeness (QED) is 0.898. The van der Waals surface area contributed by atoms with Crippen molar-refractivity contribution in [3.8, 4) is 5.75 Å². The van der Waals surface area contributed by atoms with Gasteiger partial charge in [-0.3, -0.25) is 0 Å².